The summed E-state index contributed by atoms with van der Waals surface area (Å²) in [6.07, 6.45) is 0. The van der Waals surface area contributed by atoms with Gasteiger partial charge in [-0.05, 0) is 105 Å². The lowest BCUT2D eigenvalue weighted by Gasteiger charge is -2.18. The van der Waals surface area contributed by atoms with E-state index < -0.39 is 0 Å². The molecule has 9 rings (SSSR count). The second-order valence-electron chi connectivity index (χ2n) is 11.7. The van der Waals surface area contributed by atoms with Crippen molar-refractivity contribution in [2.45, 2.75) is 0 Å². The first-order chi connectivity index (χ1) is 21.8. The highest BCUT2D eigenvalue weighted by atomic mass is 14.2. The maximum Gasteiger partial charge on any atom is -0.00262 e. The molecule has 0 aromatic heterocycles. The van der Waals surface area contributed by atoms with Crippen LogP contribution in [0.3, 0.4) is 0 Å². The van der Waals surface area contributed by atoms with Gasteiger partial charge in [0, 0.05) is 0 Å². The van der Waals surface area contributed by atoms with E-state index in [1.54, 1.807) is 0 Å². The standard InChI is InChI=1S/C44H28/c1-2-12-30(13-3-1)42-38-18-8-10-20-40(38)44(41-21-11-9-19-39(41)42)34-25-23-29-22-24-33(27-35(29)28-34)43-36-16-6-4-14-31(36)26-32-15-5-7-17-37(32)43/h1-28H. The van der Waals surface area contributed by atoms with Crippen LogP contribution in [-0.2, 0) is 0 Å². The van der Waals surface area contributed by atoms with Crippen molar-refractivity contribution in [3.05, 3.63) is 170 Å². The Morgan fingerprint density at radius 1 is 0.205 bits per heavy atom. The predicted molar refractivity (Wildman–Crippen MR) is 190 cm³/mol. The summed E-state index contributed by atoms with van der Waals surface area (Å²) in [5.41, 5.74) is 7.62. The topological polar surface area (TPSA) is 0 Å². The second-order valence-corrected chi connectivity index (χ2v) is 11.7. The quantitative estimate of drug-likeness (QED) is 0.190. The molecule has 0 N–H and O–H groups in total. The fourth-order valence-electron chi connectivity index (χ4n) is 7.24. The number of hydrogen-bond donors (Lipinski definition) is 0. The van der Waals surface area contributed by atoms with Crippen LogP contribution in [0.15, 0.2) is 170 Å². The van der Waals surface area contributed by atoms with Gasteiger partial charge in [0.05, 0.1) is 0 Å². The average molecular weight is 557 g/mol. The Hall–Kier alpha value is -5.72. The lowest BCUT2D eigenvalue weighted by Crippen LogP contribution is -1.91. The van der Waals surface area contributed by atoms with Gasteiger partial charge >= 0.3 is 0 Å². The average Bonchev–Trinajstić information content (AvgIpc) is 3.09. The molecule has 0 heteroatoms. The van der Waals surface area contributed by atoms with Crippen molar-refractivity contribution in [3.8, 4) is 33.4 Å². The Kier molecular flexibility index (Phi) is 5.61. The van der Waals surface area contributed by atoms with E-state index in [2.05, 4.69) is 170 Å². The lowest BCUT2D eigenvalue weighted by molar-refractivity contribution is 1.66. The molecule has 0 aliphatic rings. The summed E-state index contributed by atoms with van der Waals surface area (Å²) in [7, 11) is 0. The van der Waals surface area contributed by atoms with Crippen molar-refractivity contribution >= 4 is 53.9 Å². The molecule has 0 nitrogen and oxygen atoms in total. The molecule has 44 heavy (non-hydrogen) atoms. The zero-order valence-electron chi connectivity index (χ0n) is 24.2. The van der Waals surface area contributed by atoms with Gasteiger partial charge in [-0.3, -0.25) is 0 Å². The third-order valence-corrected chi connectivity index (χ3v) is 9.18. The van der Waals surface area contributed by atoms with E-state index in [9.17, 15) is 0 Å². The molecule has 0 aliphatic heterocycles. The van der Waals surface area contributed by atoms with Crippen LogP contribution in [0.2, 0.25) is 0 Å². The molecule has 0 unspecified atom stereocenters. The zero-order chi connectivity index (χ0) is 29.0. The Morgan fingerprint density at radius 3 is 1.09 bits per heavy atom. The number of benzene rings is 9. The normalized spacial score (nSPS) is 11.6. The maximum atomic E-state index is 2.39. The summed E-state index contributed by atoms with van der Waals surface area (Å²) >= 11 is 0. The molecule has 0 saturated heterocycles. The van der Waals surface area contributed by atoms with Crippen molar-refractivity contribution in [2.75, 3.05) is 0 Å². The van der Waals surface area contributed by atoms with Crippen LogP contribution in [0, 0.1) is 0 Å². The van der Waals surface area contributed by atoms with Gasteiger partial charge in [0.1, 0.15) is 0 Å². The molecular weight excluding hydrogens is 528 g/mol. The highest BCUT2D eigenvalue weighted by Gasteiger charge is 2.17. The molecule has 0 atom stereocenters. The van der Waals surface area contributed by atoms with E-state index in [0.29, 0.717) is 0 Å². The summed E-state index contributed by atoms with van der Waals surface area (Å²) < 4.78 is 0. The monoisotopic (exact) mass is 556 g/mol. The summed E-state index contributed by atoms with van der Waals surface area (Å²) in [5, 5.41) is 12.7. The molecule has 0 saturated carbocycles. The summed E-state index contributed by atoms with van der Waals surface area (Å²) in [6, 6.07) is 62.3. The van der Waals surface area contributed by atoms with Crippen molar-refractivity contribution < 1.29 is 0 Å². The maximum absolute atomic E-state index is 2.39. The first kappa shape index (κ1) is 24.8. The molecule has 0 heterocycles. The van der Waals surface area contributed by atoms with E-state index >= 15 is 0 Å². The van der Waals surface area contributed by atoms with Crippen molar-refractivity contribution in [1.82, 2.24) is 0 Å². The number of rotatable bonds is 3. The van der Waals surface area contributed by atoms with Gasteiger partial charge in [0.15, 0.2) is 0 Å². The van der Waals surface area contributed by atoms with Crippen LogP contribution >= 0.6 is 0 Å². The van der Waals surface area contributed by atoms with E-state index in [1.807, 2.05) is 0 Å². The van der Waals surface area contributed by atoms with Gasteiger partial charge in [-0.2, -0.15) is 0 Å². The Bertz CT molecular complexity index is 2430. The van der Waals surface area contributed by atoms with E-state index in [-0.39, 0.29) is 0 Å². The van der Waals surface area contributed by atoms with E-state index in [4.69, 9.17) is 0 Å². The van der Waals surface area contributed by atoms with Crippen LogP contribution in [0.5, 0.6) is 0 Å². The molecule has 0 aliphatic carbocycles. The summed E-state index contributed by atoms with van der Waals surface area (Å²) in [6.45, 7) is 0. The molecular formula is C44H28. The minimum Gasteiger partial charge on any atom is -0.0622 e. The van der Waals surface area contributed by atoms with Gasteiger partial charge in [-0.25, -0.2) is 0 Å². The fourth-order valence-corrected chi connectivity index (χ4v) is 7.24. The smallest absolute Gasteiger partial charge is 0.00262 e. The minimum atomic E-state index is 1.24. The molecule has 0 fully saturated rings. The molecule has 204 valence electrons. The van der Waals surface area contributed by atoms with Gasteiger partial charge in [0.25, 0.3) is 0 Å². The van der Waals surface area contributed by atoms with Crippen molar-refractivity contribution in [3.63, 3.8) is 0 Å². The predicted octanol–water partition coefficient (Wildman–Crippen LogP) is 12.5. The molecule has 9 aromatic rings. The fraction of sp³-hybridized carbons (Fsp3) is 0. The van der Waals surface area contributed by atoms with Gasteiger partial charge < -0.3 is 0 Å². The largest absolute Gasteiger partial charge is 0.0622 e. The van der Waals surface area contributed by atoms with Gasteiger partial charge in [0.2, 0.25) is 0 Å². The third kappa shape index (κ3) is 3.85. The molecule has 0 radical (unpaired) electrons. The van der Waals surface area contributed by atoms with Crippen LogP contribution in [-0.4, -0.2) is 0 Å². The van der Waals surface area contributed by atoms with E-state index in [0.717, 1.165) is 0 Å². The highest BCUT2D eigenvalue weighted by Crippen LogP contribution is 2.44. The van der Waals surface area contributed by atoms with Gasteiger partial charge in [-0.15, -0.1) is 0 Å². The van der Waals surface area contributed by atoms with Crippen LogP contribution in [0.4, 0.5) is 0 Å². The zero-order valence-corrected chi connectivity index (χ0v) is 24.2. The third-order valence-electron chi connectivity index (χ3n) is 9.18. The first-order valence-corrected chi connectivity index (χ1v) is 15.3. The van der Waals surface area contributed by atoms with Crippen LogP contribution in [0.1, 0.15) is 0 Å². The van der Waals surface area contributed by atoms with E-state index in [1.165, 1.54) is 87.2 Å². The number of hydrogen-bond acceptors (Lipinski definition) is 0. The van der Waals surface area contributed by atoms with Crippen molar-refractivity contribution in [1.29, 1.82) is 0 Å². The number of fused-ring (bicyclic) bond motifs is 5. The molecule has 9 aromatic carbocycles. The Labute approximate surface area is 256 Å². The summed E-state index contributed by atoms with van der Waals surface area (Å²) in [5.74, 6) is 0. The SMILES string of the molecule is c1ccc(-c2c3ccccc3c(-c3ccc4ccc(-c5c6ccccc6cc6ccccc56)cc4c3)c3ccccc23)cc1. The lowest BCUT2D eigenvalue weighted by atomic mass is 9.85. The first-order valence-electron chi connectivity index (χ1n) is 15.3. The molecule has 0 amide bonds. The molecule has 0 spiro atoms. The second kappa shape index (κ2) is 9.93. The Morgan fingerprint density at radius 2 is 0.591 bits per heavy atom. The van der Waals surface area contributed by atoms with Crippen molar-refractivity contribution in [2.24, 2.45) is 0 Å². The highest BCUT2D eigenvalue weighted by molar-refractivity contribution is 6.22. The minimum absolute atomic E-state index is 1.24. The van der Waals surface area contributed by atoms with Crippen LogP contribution < -0.4 is 0 Å². The summed E-state index contributed by atoms with van der Waals surface area (Å²) in [4.78, 5) is 0. The van der Waals surface area contributed by atoms with Crippen LogP contribution in [0.25, 0.3) is 87.2 Å². The Balaban J connectivity index is 1.32. The van der Waals surface area contributed by atoms with Gasteiger partial charge in [-0.1, -0.05) is 152 Å². The molecule has 0 bridgehead atoms.